The topological polar surface area (TPSA) is 75.7 Å². The fourth-order valence-electron chi connectivity index (χ4n) is 3.00. The van der Waals surface area contributed by atoms with Crippen LogP contribution in [0.2, 0.25) is 0 Å². The van der Waals surface area contributed by atoms with E-state index in [0.717, 1.165) is 5.56 Å². The molecule has 1 aromatic rings. The van der Waals surface area contributed by atoms with Crippen molar-refractivity contribution in [3.8, 4) is 0 Å². The standard InChI is InChI=1S/C18H16BrCl3N2O4S/c19-7-11-8-29-16-13(23-12(25)6-10-4-2-1-3-5-10)15(26)24(16)14(11)17(27)28-9-18(20,21)22/h1-5,13,16H,6-9H2,(H,23,25)/t13-,16+/m1/s1. The molecule has 29 heavy (non-hydrogen) atoms. The maximum absolute atomic E-state index is 12.7. The van der Waals surface area contributed by atoms with Crippen LogP contribution in [0.15, 0.2) is 41.6 Å². The van der Waals surface area contributed by atoms with E-state index in [1.165, 1.54) is 16.7 Å². The van der Waals surface area contributed by atoms with Crippen LogP contribution in [0.25, 0.3) is 0 Å². The summed E-state index contributed by atoms with van der Waals surface area (Å²) in [7, 11) is 0. The van der Waals surface area contributed by atoms with Crippen LogP contribution in [0.3, 0.4) is 0 Å². The first kappa shape index (κ1) is 22.7. The van der Waals surface area contributed by atoms with E-state index >= 15 is 0 Å². The number of esters is 1. The Morgan fingerprint density at radius 1 is 1.28 bits per heavy atom. The van der Waals surface area contributed by atoms with Crippen LogP contribution >= 0.6 is 62.5 Å². The van der Waals surface area contributed by atoms with Gasteiger partial charge in [0.2, 0.25) is 9.70 Å². The number of nitrogens with one attached hydrogen (secondary N) is 1. The number of carbonyl (C=O) groups excluding carboxylic acids is 3. The van der Waals surface area contributed by atoms with E-state index in [9.17, 15) is 14.4 Å². The monoisotopic (exact) mass is 540 g/mol. The molecule has 1 saturated heterocycles. The Morgan fingerprint density at radius 3 is 2.59 bits per heavy atom. The van der Waals surface area contributed by atoms with Gasteiger partial charge in [0.05, 0.1) is 6.42 Å². The molecule has 0 unspecified atom stereocenters. The lowest BCUT2D eigenvalue weighted by Gasteiger charge is -2.49. The van der Waals surface area contributed by atoms with Gasteiger partial charge in [0.25, 0.3) is 5.91 Å². The van der Waals surface area contributed by atoms with Crippen molar-refractivity contribution in [1.29, 1.82) is 0 Å². The molecule has 6 nitrogen and oxygen atoms in total. The quantitative estimate of drug-likeness (QED) is 0.340. The van der Waals surface area contributed by atoms with E-state index < -0.39 is 22.4 Å². The molecule has 0 aromatic heterocycles. The van der Waals surface area contributed by atoms with Crippen molar-refractivity contribution >= 4 is 80.3 Å². The Balaban J connectivity index is 1.68. The van der Waals surface area contributed by atoms with Gasteiger partial charge in [0, 0.05) is 11.1 Å². The third-order valence-electron chi connectivity index (χ3n) is 4.29. The molecule has 2 atom stereocenters. The highest BCUT2D eigenvalue weighted by Gasteiger charge is 2.54. The van der Waals surface area contributed by atoms with Crippen LogP contribution in [0, 0.1) is 0 Å². The van der Waals surface area contributed by atoms with Crippen LogP contribution in [0.4, 0.5) is 0 Å². The van der Waals surface area contributed by atoms with Crippen LogP contribution < -0.4 is 5.32 Å². The predicted molar refractivity (Wildman–Crippen MR) is 117 cm³/mol. The Hall–Kier alpha value is -0.930. The molecule has 0 spiro atoms. The summed E-state index contributed by atoms with van der Waals surface area (Å²) in [6.07, 6.45) is 0.169. The highest BCUT2D eigenvalue weighted by molar-refractivity contribution is 9.09. The van der Waals surface area contributed by atoms with E-state index in [2.05, 4.69) is 21.2 Å². The lowest BCUT2D eigenvalue weighted by molar-refractivity contribution is -0.152. The predicted octanol–water partition coefficient (Wildman–Crippen LogP) is 3.19. The van der Waals surface area contributed by atoms with Gasteiger partial charge in [-0.05, 0) is 11.1 Å². The van der Waals surface area contributed by atoms with Gasteiger partial charge in [-0.25, -0.2) is 4.79 Å². The Kier molecular flexibility index (Phi) is 7.43. The number of hydrogen-bond donors (Lipinski definition) is 1. The highest BCUT2D eigenvalue weighted by Crippen LogP contribution is 2.41. The molecule has 11 heteroatoms. The third-order valence-corrected chi connectivity index (χ3v) is 6.64. The molecule has 1 N–H and O–H groups in total. The van der Waals surface area contributed by atoms with Crippen molar-refractivity contribution in [3.05, 3.63) is 47.2 Å². The Bertz CT molecular complexity index is 847. The van der Waals surface area contributed by atoms with Crippen molar-refractivity contribution in [2.75, 3.05) is 17.7 Å². The number of nitrogens with zero attached hydrogens (tertiary/aromatic N) is 1. The van der Waals surface area contributed by atoms with Crippen molar-refractivity contribution in [1.82, 2.24) is 10.2 Å². The zero-order chi connectivity index (χ0) is 21.2. The number of amides is 2. The molecule has 2 amide bonds. The van der Waals surface area contributed by atoms with E-state index in [0.29, 0.717) is 16.7 Å². The normalized spacial score (nSPS) is 21.4. The molecule has 0 radical (unpaired) electrons. The number of benzene rings is 1. The summed E-state index contributed by atoms with van der Waals surface area (Å²) in [6, 6.07) is 8.53. The number of β-lactam (4-membered cyclic amide) rings is 1. The molecule has 0 aliphatic carbocycles. The van der Waals surface area contributed by atoms with Gasteiger partial charge < -0.3 is 10.1 Å². The van der Waals surface area contributed by atoms with Crippen LogP contribution in [0.1, 0.15) is 5.56 Å². The molecule has 1 aromatic carbocycles. The number of thioether (sulfide) groups is 1. The molecule has 2 aliphatic heterocycles. The molecular formula is C18H16BrCl3N2O4S. The van der Waals surface area contributed by atoms with E-state index in [1.54, 1.807) is 0 Å². The average molecular weight is 543 g/mol. The lowest BCUT2D eigenvalue weighted by atomic mass is 10.0. The van der Waals surface area contributed by atoms with Crippen molar-refractivity contribution in [2.45, 2.75) is 21.6 Å². The number of rotatable bonds is 6. The minimum Gasteiger partial charge on any atom is -0.456 e. The van der Waals surface area contributed by atoms with E-state index in [4.69, 9.17) is 39.5 Å². The smallest absolute Gasteiger partial charge is 0.355 e. The fraction of sp³-hybridized carbons (Fsp3) is 0.389. The number of halogens is 4. The number of carbonyl (C=O) groups is 3. The van der Waals surface area contributed by atoms with Gasteiger partial charge in [-0.1, -0.05) is 81.1 Å². The highest BCUT2D eigenvalue weighted by atomic mass is 79.9. The lowest BCUT2D eigenvalue weighted by Crippen LogP contribution is -2.70. The fourth-order valence-corrected chi connectivity index (χ4v) is 5.23. The summed E-state index contributed by atoms with van der Waals surface area (Å²) in [5.74, 6) is -0.866. The van der Waals surface area contributed by atoms with Gasteiger partial charge in [-0.2, -0.15) is 0 Å². The second kappa shape index (κ2) is 9.47. The summed E-state index contributed by atoms with van der Waals surface area (Å²) < 4.78 is 3.32. The summed E-state index contributed by atoms with van der Waals surface area (Å²) in [5, 5.41) is 2.76. The second-order valence-electron chi connectivity index (χ2n) is 6.39. The SMILES string of the molecule is O=C(Cc1ccccc1)N[C@@H]1C(=O)N2C(C(=O)OCC(Cl)(Cl)Cl)=C(CBr)CS[C@@H]12. The van der Waals surface area contributed by atoms with Gasteiger partial charge in [0.1, 0.15) is 23.7 Å². The molecule has 0 bridgehead atoms. The summed E-state index contributed by atoms with van der Waals surface area (Å²) in [4.78, 5) is 39.0. The third kappa shape index (κ3) is 5.41. The molecule has 156 valence electrons. The molecule has 2 heterocycles. The number of ether oxygens (including phenoxy) is 1. The van der Waals surface area contributed by atoms with Crippen molar-refractivity contribution in [2.24, 2.45) is 0 Å². The molecule has 2 aliphatic rings. The second-order valence-corrected chi connectivity index (χ2v) is 10.6. The van der Waals surface area contributed by atoms with E-state index in [-0.39, 0.29) is 29.3 Å². The molecule has 1 fully saturated rings. The molecule has 0 saturated carbocycles. The summed E-state index contributed by atoms with van der Waals surface area (Å²) in [5.41, 5.74) is 1.68. The zero-order valence-electron chi connectivity index (χ0n) is 14.9. The summed E-state index contributed by atoms with van der Waals surface area (Å²) in [6.45, 7) is -0.438. The first-order valence-electron chi connectivity index (χ1n) is 8.51. The van der Waals surface area contributed by atoms with Crippen molar-refractivity contribution in [3.63, 3.8) is 0 Å². The minimum absolute atomic E-state index is 0.137. The first-order chi connectivity index (χ1) is 13.7. The van der Waals surface area contributed by atoms with Gasteiger partial charge in [-0.15, -0.1) is 11.8 Å². The van der Waals surface area contributed by atoms with Crippen LogP contribution in [-0.4, -0.2) is 55.6 Å². The Morgan fingerprint density at radius 2 is 1.97 bits per heavy atom. The zero-order valence-corrected chi connectivity index (χ0v) is 19.5. The largest absolute Gasteiger partial charge is 0.456 e. The maximum atomic E-state index is 12.7. The van der Waals surface area contributed by atoms with Crippen LogP contribution in [0.5, 0.6) is 0 Å². The summed E-state index contributed by atoms with van der Waals surface area (Å²) >= 11 is 21.7. The van der Waals surface area contributed by atoms with Gasteiger partial charge in [0.15, 0.2) is 0 Å². The van der Waals surface area contributed by atoms with Gasteiger partial charge >= 0.3 is 5.97 Å². The molecular weight excluding hydrogens is 527 g/mol. The van der Waals surface area contributed by atoms with Crippen molar-refractivity contribution < 1.29 is 19.1 Å². The Labute approximate surface area is 195 Å². The van der Waals surface area contributed by atoms with Gasteiger partial charge in [-0.3, -0.25) is 14.5 Å². The van der Waals surface area contributed by atoms with Crippen LogP contribution in [-0.2, 0) is 25.5 Å². The van der Waals surface area contributed by atoms with E-state index in [1.807, 2.05) is 30.3 Å². The number of hydrogen-bond acceptors (Lipinski definition) is 5. The molecule has 3 rings (SSSR count). The minimum atomic E-state index is -1.75. The maximum Gasteiger partial charge on any atom is 0.355 e. The first-order valence-corrected chi connectivity index (χ1v) is 11.8. The number of alkyl halides is 4. The number of fused-ring (bicyclic) bond motifs is 1. The average Bonchev–Trinajstić information content (AvgIpc) is 2.69.